The number of nitrogen functional groups attached to an aromatic ring is 1. The molecule has 1 unspecified atom stereocenters. The molecule has 3 amide bonds. The summed E-state index contributed by atoms with van der Waals surface area (Å²) >= 11 is 0. The number of nitrogens with one attached hydrogen (secondary N) is 1. The van der Waals surface area contributed by atoms with Crippen LogP contribution in [-0.4, -0.2) is 31.9 Å². The third-order valence-electron chi connectivity index (χ3n) is 4.12. The second-order valence-corrected chi connectivity index (χ2v) is 6.06. The van der Waals surface area contributed by atoms with Crippen molar-refractivity contribution >= 4 is 29.1 Å². The van der Waals surface area contributed by atoms with Gasteiger partial charge in [-0.15, -0.1) is 0 Å². The highest BCUT2D eigenvalue weighted by molar-refractivity contribution is 6.45. The minimum Gasteiger partial charge on any atom is -0.493 e. The molecule has 0 saturated heterocycles. The van der Waals surface area contributed by atoms with Crippen LogP contribution < -0.4 is 25.4 Å². The van der Waals surface area contributed by atoms with E-state index in [-0.39, 0.29) is 5.69 Å². The number of anilines is 2. The van der Waals surface area contributed by atoms with Crippen LogP contribution in [0.15, 0.2) is 42.5 Å². The number of methoxy groups -OCH3 is 2. The van der Waals surface area contributed by atoms with Crippen LogP contribution >= 0.6 is 0 Å². The Morgan fingerprint density at radius 1 is 1.00 bits per heavy atom. The summed E-state index contributed by atoms with van der Waals surface area (Å²) in [6, 6.07) is 10.7. The van der Waals surface area contributed by atoms with Gasteiger partial charge in [-0.05, 0) is 48.9 Å². The first-order valence-corrected chi connectivity index (χ1v) is 8.51. The van der Waals surface area contributed by atoms with Crippen molar-refractivity contribution in [3.8, 4) is 11.5 Å². The van der Waals surface area contributed by atoms with Crippen LogP contribution in [0, 0.1) is 0 Å². The van der Waals surface area contributed by atoms with Gasteiger partial charge in [-0.25, -0.2) is 4.90 Å². The van der Waals surface area contributed by atoms with Crippen LogP contribution in [0.4, 0.5) is 11.4 Å². The normalized spacial score (nSPS) is 11.3. The Hall–Kier alpha value is -3.55. The van der Waals surface area contributed by atoms with E-state index in [9.17, 15) is 14.4 Å². The fraction of sp³-hybridized carbons (Fsp3) is 0.250. The Labute approximate surface area is 163 Å². The van der Waals surface area contributed by atoms with E-state index >= 15 is 0 Å². The molecule has 0 fully saturated rings. The average Bonchev–Trinajstić information content (AvgIpc) is 2.68. The molecule has 148 valence electrons. The predicted molar refractivity (Wildman–Crippen MR) is 105 cm³/mol. The largest absolute Gasteiger partial charge is 0.493 e. The van der Waals surface area contributed by atoms with Crippen LogP contribution in [-0.2, 0) is 14.4 Å². The maximum atomic E-state index is 12.6. The number of benzene rings is 2. The van der Waals surface area contributed by atoms with Gasteiger partial charge < -0.3 is 20.5 Å². The summed E-state index contributed by atoms with van der Waals surface area (Å²) in [5.41, 5.74) is 7.08. The monoisotopic (exact) mass is 385 g/mol. The number of amides is 3. The standard InChI is InChI=1S/C20H23N3O5/c1-12(14-5-10-17(27-3)18(11-14)28-4)22-19(25)20(26)23(13(2)24)16-8-6-15(21)7-9-16/h5-12H,21H2,1-4H3,(H,22,25). The van der Waals surface area contributed by atoms with Gasteiger partial charge in [0.1, 0.15) is 0 Å². The molecule has 0 heterocycles. The van der Waals surface area contributed by atoms with E-state index in [0.29, 0.717) is 22.7 Å². The van der Waals surface area contributed by atoms with Gasteiger partial charge in [-0.2, -0.15) is 0 Å². The van der Waals surface area contributed by atoms with Crippen molar-refractivity contribution in [3.05, 3.63) is 48.0 Å². The highest BCUT2D eigenvalue weighted by atomic mass is 16.5. The van der Waals surface area contributed by atoms with Gasteiger partial charge in [0.05, 0.1) is 25.9 Å². The quantitative estimate of drug-likeness (QED) is 0.602. The lowest BCUT2D eigenvalue weighted by Gasteiger charge is -2.21. The first kappa shape index (κ1) is 20.8. The van der Waals surface area contributed by atoms with Gasteiger partial charge in [0, 0.05) is 12.6 Å². The lowest BCUT2D eigenvalue weighted by Crippen LogP contribution is -2.46. The first-order valence-electron chi connectivity index (χ1n) is 8.51. The van der Waals surface area contributed by atoms with Gasteiger partial charge >= 0.3 is 11.8 Å². The minimum atomic E-state index is -0.982. The van der Waals surface area contributed by atoms with Crippen molar-refractivity contribution in [2.24, 2.45) is 0 Å². The minimum absolute atomic E-state index is 0.264. The third-order valence-corrected chi connectivity index (χ3v) is 4.12. The van der Waals surface area contributed by atoms with Gasteiger partial charge in [0.25, 0.3) is 0 Å². The zero-order valence-electron chi connectivity index (χ0n) is 16.2. The Balaban J connectivity index is 2.18. The average molecular weight is 385 g/mol. The Bertz CT molecular complexity index is 880. The topological polar surface area (TPSA) is 111 Å². The molecule has 2 aromatic carbocycles. The number of carbonyl (C=O) groups excluding carboxylic acids is 3. The van der Waals surface area contributed by atoms with Crippen LogP contribution in [0.5, 0.6) is 11.5 Å². The molecule has 0 spiro atoms. The van der Waals surface area contributed by atoms with Crippen LogP contribution in [0.2, 0.25) is 0 Å². The molecule has 0 aliphatic carbocycles. The molecule has 0 aliphatic rings. The van der Waals surface area contributed by atoms with Crippen molar-refractivity contribution < 1.29 is 23.9 Å². The molecular formula is C20H23N3O5. The first-order chi connectivity index (χ1) is 13.3. The second kappa shape index (κ2) is 8.90. The van der Waals surface area contributed by atoms with E-state index in [0.717, 1.165) is 4.90 Å². The molecule has 0 bridgehead atoms. The van der Waals surface area contributed by atoms with Crippen molar-refractivity contribution in [1.82, 2.24) is 5.32 Å². The molecule has 8 nitrogen and oxygen atoms in total. The van der Waals surface area contributed by atoms with Crippen LogP contribution in [0.1, 0.15) is 25.5 Å². The summed E-state index contributed by atoms with van der Waals surface area (Å²) in [6.07, 6.45) is 0. The molecule has 28 heavy (non-hydrogen) atoms. The Kier molecular flexibility index (Phi) is 6.59. The number of rotatable bonds is 5. The molecule has 8 heteroatoms. The number of ether oxygens (including phenoxy) is 2. The van der Waals surface area contributed by atoms with Gasteiger partial charge in [-0.1, -0.05) is 6.07 Å². The van der Waals surface area contributed by atoms with Gasteiger partial charge in [0.2, 0.25) is 5.91 Å². The van der Waals surface area contributed by atoms with E-state index in [1.165, 1.54) is 33.3 Å². The summed E-state index contributed by atoms with van der Waals surface area (Å²) in [5, 5.41) is 2.60. The van der Waals surface area contributed by atoms with E-state index < -0.39 is 23.8 Å². The van der Waals surface area contributed by atoms with Crippen LogP contribution in [0.3, 0.4) is 0 Å². The molecular weight excluding hydrogens is 362 g/mol. The zero-order chi connectivity index (χ0) is 20.8. The number of imide groups is 1. The predicted octanol–water partition coefficient (Wildman–Crippen LogP) is 2.04. The summed E-state index contributed by atoms with van der Waals surface area (Å²) in [7, 11) is 3.03. The molecule has 0 aromatic heterocycles. The van der Waals surface area contributed by atoms with E-state index in [2.05, 4.69) is 5.32 Å². The van der Waals surface area contributed by atoms with Gasteiger partial charge in [-0.3, -0.25) is 14.4 Å². The lowest BCUT2D eigenvalue weighted by molar-refractivity contribution is -0.139. The molecule has 0 aliphatic heterocycles. The number of hydrogen-bond acceptors (Lipinski definition) is 6. The van der Waals surface area contributed by atoms with E-state index in [1.54, 1.807) is 37.3 Å². The summed E-state index contributed by atoms with van der Waals surface area (Å²) in [6.45, 7) is 2.92. The number of nitrogens with two attached hydrogens (primary N) is 1. The lowest BCUT2D eigenvalue weighted by atomic mass is 10.1. The highest BCUT2D eigenvalue weighted by Crippen LogP contribution is 2.30. The molecule has 1 atom stereocenters. The maximum Gasteiger partial charge on any atom is 0.323 e. The fourth-order valence-electron chi connectivity index (χ4n) is 2.63. The zero-order valence-corrected chi connectivity index (χ0v) is 16.2. The highest BCUT2D eigenvalue weighted by Gasteiger charge is 2.28. The van der Waals surface area contributed by atoms with E-state index in [4.69, 9.17) is 15.2 Å². The molecule has 3 N–H and O–H groups in total. The third kappa shape index (κ3) is 4.59. The summed E-state index contributed by atoms with van der Waals surface area (Å²) in [4.78, 5) is 37.8. The maximum absolute atomic E-state index is 12.6. The fourth-order valence-corrected chi connectivity index (χ4v) is 2.63. The molecule has 2 aromatic rings. The number of nitrogens with zero attached hydrogens (tertiary/aromatic N) is 1. The second-order valence-electron chi connectivity index (χ2n) is 6.06. The van der Waals surface area contributed by atoms with Crippen molar-refractivity contribution in [2.75, 3.05) is 24.9 Å². The summed E-state index contributed by atoms with van der Waals surface area (Å²) < 4.78 is 10.4. The van der Waals surface area contributed by atoms with Gasteiger partial charge in [0.15, 0.2) is 11.5 Å². The van der Waals surface area contributed by atoms with Crippen molar-refractivity contribution in [3.63, 3.8) is 0 Å². The number of hydrogen-bond donors (Lipinski definition) is 2. The Morgan fingerprint density at radius 3 is 2.14 bits per heavy atom. The SMILES string of the molecule is COc1ccc(C(C)NC(=O)C(=O)N(C(C)=O)c2ccc(N)cc2)cc1OC. The smallest absolute Gasteiger partial charge is 0.323 e. The molecule has 2 rings (SSSR count). The van der Waals surface area contributed by atoms with E-state index in [1.807, 2.05) is 0 Å². The van der Waals surface area contributed by atoms with Crippen LogP contribution in [0.25, 0.3) is 0 Å². The van der Waals surface area contributed by atoms with Crippen molar-refractivity contribution in [2.45, 2.75) is 19.9 Å². The summed E-state index contributed by atoms with van der Waals surface area (Å²) in [5.74, 6) is -1.42. The van der Waals surface area contributed by atoms with Crippen molar-refractivity contribution in [1.29, 1.82) is 0 Å². The molecule has 0 saturated carbocycles. The Morgan fingerprint density at radius 2 is 1.61 bits per heavy atom. The number of carbonyl (C=O) groups is 3. The molecule has 0 radical (unpaired) electrons.